The second-order valence-electron chi connectivity index (χ2n) is 7.46. The van der Waals surface area contributed by atoms with Crippen molar-refractivity contribution >= 4 is 11.8 Å². The van der Waals surface area contributed by atoms with E-state index in [2.05, 4.69) is 67.6 Å². The summed E-state index contributed by atoms with van der Waals surface area (Å²) in [6.07, 6.45) is 5.65. The Morgan fingerprint density at radius 2 is 1.96 bits per heavy atom. The molecule has 0 radical (unpaired) electrons. The van der Waals surface area contributed by atoms with Crippen molar-refractivity contribution in [1.29, 1.82) is 0 Å². The monoisotopic (exact) mass is 363 g/mol. The van der Waals surface area contributed by atoms with Gasteiger partial charge in [0.25, 0.3) is 0 Å². The van der Waals surface area contributed by atoms with Crippen LogP contribution in [-0.4, -0.2) is 49.1 Å². The number of nitrogens with zero attached hydrogens (tertiary/aromatic N) is 4. The second kappa shape index (κ2) is 8.42. The summed E-state index contributed by atoms with van der Waals surface area (Å²) in [5, 5.41) is 3.55. The molecular weight excluding hydrogens is 334 g/mol. The summed E-state index contributed by atoms with van der Waals surface area (Å²) in [7, 11) is 1.88. The molecule has 1 unspecified atom stereocenters. The molecule has 0 amide bonds. The van der Waals surface area contributed by atoms with E-state index in [4.69, 9.17) is 0 Å². The predicted octanol–water partition coefficient (Wildman–Crippen LogP) is 3.25. The Morgan fingerprint density at radius 1 is 1.15 bits per heavy atom. The number of guanidine groups is 1. The van der Waals surface area contributed by atoms with Gasteiger partial charge in [0.2, 0.25) is 0 Å². The molecule has 1 N–H and O–H groups in total. The number of benzene rings is 1. The normalized spacial score (nSPS) is 20.3. The van der Waals surface area contributed by atoms with E-state index in [0.29, 0.717) is 5.92 Å². The van der Waals surface area contributed by atoms with Gasteiger partial charge in [0.15, 0.2) is 5.96 Å². The fourth-order valence-corrected chi connectivity index (χ4v) is 4.15. The zero-order chi connectivity index (χ0) is 18.5. The van der Waals surface area contributed by atoms with Gasteiger partial charge in [0, 0.05) is 51.9 Å². The Kier molecular flexibility index (Phi) is 5.56. The van der Waals surface area contributed by atoms with Crippen LogP contribution in [0.15, 0.2) is 53.7 Å². The minimum Gasteiger partial charge on any atom is -0.357 e. The van der Waals surface area contributed by atoms with Crippen LogP contribution >= 0.6 is 0 Å². The number of nitrogens with one attached hydrogen (secondary N) is 1. The van der Waals surface area contributed by atoms with Crippen LogP contribution in [0.4, 0.5) is 5.82 Å². The lowest BCUT2D eigenvalue weighted by Gasteiger charge is -2.22. The summed E-state index contributed by atoms with van der Waals surface area (Å²) >= 11 is 0. The van der Waals surface area contributed by atoms with E-state index in [1.165, 1.54) is 30.4 Å². The zero-order valence-corrected chi connectivity index (χ0v) is 16.1. The van der Waals surface area contributed by atoms with Gasteiger partial charge in [-0.2, -0.15) is 0 Å². The number of anilines is 1. The molecule has 1 aromatic carbocycles. The van der Waals surface area contributed by atoms with Crippen LogP contribution in [0, 0.1) is 0 Å². The molecule has 1 aromatic heterocycles. The SMILES string of the molecule is CN=C(NCc1ccnc(N2CCCC2)c1)N1CCC(c2ccccc2)C1. The molecule has 27 heavy (non-hydrogen) atoms. The van der Waals surface area contributed by atoms with Gasteiger partial charge in [-0.15, -0.1) is 0 Å². The maximum atomic E-state index is 4.55. The van der Waals surface area contributed by atoms with Crippen LogP contribution in [0.2, 0.25) is 0 Å². The van der Waals surface area contributed by atoms with Crippen LogP contribution in [-0.2, 0) is 6.54 Å². The molecule has 3 heterocycles. The van der Waals surface area contributed by atoms with E-state index in [1.807, 2.05) is 13.2 Å². The van der Waals surface area contributed by atoms with Crippen molar-refractivity contribution in [2.45, 2.75) is 31.7 Å². The molecule has 2 aliphatic rings. The van der Waals surface area contributed by atoms with Crippen molar-refractivity contribution in [2.24, 2.45) is 4.99 Å². The van der Waals surface area contributed by atoms with Crippen LogP contribution < -0.4 is 10.2 Å². The fourth-order valence-electron chi connectivity index (χ4n) is 4.15. The fraction of sp³-hybridized carbons (Fsp3) is 0.455. The average Bonchev–Trinajstić information content (AvgIpc) is 3.42. The highest BCUT2D eigenvalue weighted by Crippen LogP contribution is 2.27. The van der Waals surface area contributed by atoms with Gasteiger partial charge < -0.3 is 15.1 Å². The molecule has 4 rings (SSSR count). The highest BCUT2D eigenvalue weighted by atomic mass is 15.3. The van der Waals surface area contributed by atoms with Crippen molar-refractivity contribution in [3.63, 3.8) is 0 Å². The average molecular weight is 364 g/mol. The number of aliphatic imine (C=N–C) groups is 1. The first-order valence-electron chi connectivity index (χ1n) is 10.0. The summed E-state index contributed by atoms with van der Waals surface area (Å²) < 4.78 is 0. The molecule has 5 heteroatoms. The van der Waals surface area contributed by atoms with Gasteiger partial charge in [-0.05, 0) is 42.5 Å². The summed E-state index contributed by atoms with van der Waals surface area (Å²) in [6.45, 7) is 5.11. The molecule has 2 aromatic rings. The molecule has 1 atom stereocenters. The first-order valence-corrected chi connectivity index (χ1v) is 10.0. The van der Waals surface area contributed by atoms with Crippen molar-refractivity contribution in [3.05, 3.63) is 59.8 Å². The van der Waals surface area contributed by atoms with Gasteiger partial charge in [-0.1, -0.05) is 30.3 Å². The standard InChI is InChI=1S/C22H29N5/c1-23-22(27-14-10-20(17-27)19-7-3-2-4-8-19)25-16-18-9-11-24-21(15-18)26-12-5-6-13-26/h2-4,7-9,11,15,20H,5-6,10,12-14,16-17H2,1H3,(H,23,25). The maximum absolute atomic E-state index is 4.55. The third-order valence-electron chi connectivity index (χ3n) is 5.66. The molecule has 0 bridgehead atoms. The molecule has 0 spiro atoms. The van der Waals surface area contributed by atoms with Crippen molar-refractivity contribution in [3.8, 4) is 0 Å². The van der Waals surface area contributed by atoms with Crippen molar-refractivity contribution in [1.82, 2.24) is 15.2 Å². The van der Waals surface area contributed by atoms with Crippen LogP contribution in [0.1, 0.15) is 36.3 Å². The molecule has 2 fully saturated rings. The lowest BCUT2D eigenvalue weighted by molar-refractivity contribution is 0.486. The first kappa shape index (κ1) is 17.8. The number of hydrogen-bond donors (Lipinski definition) is 1. The summed E-state index contributed by atoms with van der Waals surface area (Å²) in [4.78, 5) is 13.8. The smallest absolute Gasteiger partial charge is 0.193 e. The molecule has 2 aliphatic heterocycles. The molecule has 0 aliphatic carbocycles. The van der Waals surface area contributed by atoms with E-state index in [1.54, 1.807) is 0 Å². The summed E-state index contributed by atoms with van der Waals surface area (Å²) in [5.74, 6) is 2.69. The Morgan fingerprint density at radius 3 is 2.74 bits per heavy atom. The van der Waals surface area contributed by atoms with Crippen molar-refractivity contribution < 1.29 is 0 Å². The van der Waals surface area contributed by atoms with E-state index >= 15 is 0 Å². The Labute approximate surface area is 162 Å². The maximum Gasteiger partial charge on any atom is 0.193 e. The summed E-state index contributed by atoms with van der Waals surface area (Å²) in [5.41, 5.74) is 2.69. The third kappa shape index (κ3) is 4.24. The van der Waals surface area contributed by atoms with Gasteiger partial charge in [-0.3, -0.25) is 4.99 Å². The molecule has 2 saturated heterocycles. The largest absolute Gasteiger partial charge is 0.357 e. The highest BCUT2D eigenvalue weighted by molar-refractivity contribution is 5.80. The number of likely N-dealkylation sites (tertiary alicyclic amines) is 1. The topological polar surface area (TPSA) is 43.8 Å². The minimum atomic E-state index is 0.590. The third-order valence-corrected chi connectivity index (χ3v) is 5.66. The zero-order valence-electron chi connectivity index (χ0n) is 16.1. The van der Waals surface area contributed by atoms with Crippen LogP contribution in [0.25, 0.3) is 0 Å². The van der Waals surface area contributed by atoms with Crippen LogP contribution in [0.3, 0.4) is 0 Å². The van der Waals surface area contributed by atoms with Gasteiger partial charge >= 0.3 is 0 Å². The number of rotatable bonds is 4. The van der Waals surface area contributed by atoms with Gasteiger partial charge in [-0.25, -0.2) is 4.98 Å². The Bertz CT molecular complexity index is 767. The van der Waals surface area contributed by atoms with E-state index in [0.717, 1.165) is 44.5 Å². The van der Waals surface area contributed by atoms with E-state index < -0.39 is 0 Å². The van der Waals surface area contributed by atoms with Crippen molar-refractivity contribution in [2.75, 3.05) is 38.1 Å². The van der Waals surface area contributed by atoms with Crippen LogP contribution in [0.5, 0.6) is 0 Å². The number of aromatic nitrogens is 1. The molecule has 0 saturated carbocycles. The minimum absolute atomic E-state index is 0.590. The van der Waals surface area contributed by atoms with Gasteiger partial charge in [0.1, 0.15) is 5.82 Å². The molecule has 142 valence electrons. The highest BCUT2D eigenvalue weighted by Gasteiger charge is 2.25. The second-order valence-corrected chi connectivity index (χ2v) is 7.46. The van der Waals surface area contributed by atoms with E-state index in [9.17, 15) is 0 Å². The van der Waals surface area contributed by atoms with Gasteiger partial charge in [0.05, 0.1) is 0 Å². The first-order chi connectivity index (χ1) is 13.3. The Balaban J connectivity index is 1.35. The predicted molar refractivity (Wildman–Crippen MR) is 111 cm³/mol. The lowest BCUT2D eigenvalue weighted by atomic mass is 9.99. The quantitative estimate of drug-likeness (QED) is 0.669. The molecule has 5 nitrogen and oxygen atoms in total. The number of hydrogen-bond acceptors (Lipinski definition) is 3. The summed E-state index contributed by atoms with van der Waals surface area (Å²) in [6, 6.07) is 15.1. The van der Waals surface area contributed by atoms with E-state index in [-0.39, 0.29) is 0 Å². The Hall–Kier alpha value is -2.56. The molecular formula is C22H29N5. The number of pyridine rings is 1. The lowest BCUT2D eigenvalue weighted by Crippen LogP contribution is -2.39.